The first-order valence-corrected chi connectivity index (χ1v) is 4.73. The van der Waals surface area contributed by atoms with Crippen molar-refractivity contribution in [2.45, 2.75) is 6.54 Å². The molecule has 16 heavy (non-hydrogen) atoms. The van der Waals surface area contributed by atoms with Crippen LogP contribution in [-0.2, 0) is 6.54 Å². The zero-order valence-electron chi connectivity index (χ0n) is 8.46. The van der Waals surface area contributed by atoms with E-state index < -0.39 is 0 Å². The Hall–Kier alpha value is -2.48. The number of hydrogen-bond donors (Lipinski definition) is 1. The molecule has 2 rings (SSSR count). The van der Waals surface area contributed by atoms with Gasteiger partial charge in [-0.05, 0) is 11.6 Å². The van der Waals surface area contributed by atoms with E-state index in [0.717, 1.165) is 5.56 Å². The second-order valence-corrected chi connectivity index (χ2v) is 3.12. The van der Waals surface area contributed by atoms with Crippen LogP contribution in [0.4, 0.5) is 5.82 Å². The van der Waals surface area contributed by atoms with Gasteiger partial charge in [-0.2, -0.15) is 5.26 Å². The minimum atomic E-state index is 0.302. The Labute approximate surface area is 92.8 Å². The van der Waals surface area contributed by atoms with Crippen molar-refractivity contribution in [3.63, 3.8) is 0 Å². The van der Waals surface area contributed by atoms with Crippen LogP contribution in [0.15, 0.2) is 36.9 Å². The molecule has 78 valence electrons. The average molecular weight is 211 g/mol. The summed E-state index contributed by atoms with van der Waals surface area (Å²) in [7, 11) is 0. The molecule has 2 aromatic rings. The molecule has 0 aromatic carbocycles. The molecule has 2 heterocycles. The third kappa shape index (κ3) is 2.51. The summed E-state index contributed by atoms with van der Waals surface area (Å²) >= 11 is 0. The first kappa shape index (κ1) is 10.1. The number of aromatic nitrogens is 3. The lowest BCUT2D eigenvalue weighted by Gasteiger charge is -2.04. The number of rotatable bonds is 3. The Morgan fingerprint density at radius 3 is 2.94 bits per heavy atom. The lowest BCUT2D eigenvalue weighted by molar-refractivity contribution is 1.06. The summed E-state index contributed by atoms with van der Waals surface area (Å²) in [6, 6.07) is 5.77. The molecule has 2 aromatic heterocycles. The Bertz CT molecular complexity index is 503. The van der Waals surface area contributed by atoms with Gasteiger partial charge in [-0.25, -0.2) is 4.98 Å². The highest BCUT2D eigenvalue weighted by atomic mass is 15.0. The first-order valence-electron chi connectivity index (χ1n) is 4.73. The van der Waals surface area contributed by atoms with Crippen molar-refractivity contribution in [2.75, 3.05) is 5.32 Å². The third-order valence-corrected chi connectivity index (χ3v) is 1.95. The molecule has 0 saturated heterocycles. The van der Waals surface area contributed by atoms with Gasteiger partial charge in [0, 0.05) is 18.9 Å². The molecule has 5 heteroatoms. The van der Waals surface area contributed by atoms with E-state index >= 15 is 0 Å². The van der Waals surface area contributed by atoms with Crippen LogP contribution in [0.1, 0.15) is 11.3 Å². The molecule has 0 saturated carbocycles. The van der Waals surface area contributed by atoms with E-state index in [1.165, 1.54) is 6.20 Å². The Kier molecular flexibility index (Phi) is 3.04. The van der Waals surface area contributed by atoms with Crippen molar-refractivity contribution >= 4 is 5.82 Å². The molecule has 0 aliphatic carbocycles. The van der Waals surface area contributed by atoms with Crippen LogP contribution < -0.4 is 5.32 Å². The molecule has 0 bridgehead atoms. The number of anilines is 1. The molecule has 0 unspecified atom stereocenters. The predicted octanol–water partition coefficient (Wildman–Crippen LogP) is 1.36. The van der Waals surface area contributed by atoms with E-state index in [4.69, 9.17) is 5.26 Å². The molecular weight excluding hydrogens is 202 g/mol. The van der Waals surface area contributed by atoms with Gasteiger partial charge in [-0.3, -0.25) is 9.97 Å². The molecular formula is C11H9N5. The Balaban J connectivity index is 2.03. The number of nitrogens with zero attached hydrogens (tertiary/aromatic N) is 4. The Morgan fingerprint density at radius 2 is 2.19 bits per heavy atom. The van der Waals surface area contributed by atoms with Crippen molar-refractivity contribution in [1.29, 1.82) is 5.26 Å². The number of pyridine rings is 1. The largest absolute Gasteiger partial charge is 0.365 e. The second kappa shape index (κ2) is 4.84. The van der Waals surface area contributed by atoms with Gasteiger partial charge in [-0.15, -0.1) is 0 Å². The van der Waals surface area contributed by atoms with Crippen molar-refractivity contribution in [3.8, 4) is 6.07 Å². The minimum absolute atomic E-state index is 0.302. The van der Waals surface area contributed by atoms with Crippen LogP contribution in [0.25, 0.3) is 0 Å². The van der Waals surface area contributed by atoms with Gasteiger partial charge >= 0.3 is 0 Å². The molecule has 5 nitrogen and oxygen atoms in total. The van der Waals surface area contributed by atoms with E-state index in [9.17, 15) is 0 Å². The van der Waals surface area contributed by atoms with Crippen LogP contribution in [0.2, 0.25) is 0 Å². The average Bonchev–Trinajstić information content (AvgIpc) is 2.38. The summed E-state index contributed by atoms with van der Waals surface area (Å²) in [5, 5.41) is 11.7. The fraction of sp³-hybridized carbons (Fsp3) is 0.0909. The molecule has 0 spiro atoms. The smallest absolute Gasteiger partial charge is 0.161 e. The maximum absolute atomic E-state index is 8.66. The monoisotopic (exact) mass is 211 g/mol. The molecule has 0 fully saturated rings. The predicted molar refractivity (Wildman–Crippen MR) is 58.3 cm³/mol. The van der Waals surface area contributed by atoms with Crippen LogP contribution in [0.3, 0.4) is 0 Å². The molecule has 0 atom stereocenters. The van der Waals surface area contributed by atoms with Gasteiger partial charge in [0.15, 0.2) is 5.69 Å². The van der Waals surface area contributed by atoms with E-state index in [1.54, 1.807) is 18.6 Å². The minimum Gasteiger partial charge on any atom is -0.365 e. The summed E-state index contributed by atoms with van der Waals surface area (Å²) in [6.07, 6.45) is 6.50. The first-order chi connectivity index (χ1) is 7.88. The molecule has 0 aliphatic heterocycles. The highest BCUT2D eigenvalue weighted by Crippen LogP contribution is 2.04. The second-order valence-electron chi connectivity index (χ2n) is 3.12. The fourth-order valence-corrected chi connectivity index (χ4v) is 1.20. The van der Waals surface area contributed by atoms with Crippen molar-refractivity contribution < 1.29 is 0 Å². The van der Waals surface area contributed by atoms with Crippen molar-refractivity contribution in [3.05, 3.63) is 48.2 Å². The van der Waals surface area contributed by atoms with Crippen molar-refractivity contribution in [1.82, 2.24) is 15.0 Å². The third-order valence-electron chi connectivity index (χ3n) is 1.95. The van der Waals surface area contributed by atoms with Gasteiger partial charge in [0.05, 0.1) is 12.4 Å². The normalized spacial score (nSPS) is 9.44. The maximum atomic E-state index is 8.66. The molecule has 0 radical (unpaired) electrons. The highest BCUT2D eigenvalue weighted by Gasteiger charge is 1.97. The van der Waals surface area contributed by atoms with E-state index in [2.05, 4.69) is 20.3 Å². The molecule has 0 amide bonds. The van der Waals surface area contributed by atoms with Crippen LogP contribution in [0.5, 0.6) is 0 Å². The van der Waals surface area contributed by atoms with Gasteiger partial charge in [-0.1, -0.05) is 6.07 Å². The van der Waals surface area contributed by atoms with Crippen LogP contribution in [0, 0.1) is 11.3 Å². The van der Waals surface area contributed by atoms with Gasteiger partial charge in [0.2, 0.25) is 0 Å². The van der Waals surface area contributed by atoms with E-state index in [0.29, 0.717) is 18.1 Å². The highest BCUT2D eigenvalue weighted by molar-refractivity contribution is 5.35. The van der Waals surface area contributed by atoms with Crippen molar-refractivity contribution in [2.24, 2.45) is 0 Å². The van der Waals surface area contributed by atoms with Gasteiger partial charge in [0.25, 0.3) is 0 Å². The summed E-state index contributed by atoms with van der Waals surface area (Å²) < 4.78 is 0. The zero-order valence-corrected chi connectivity index (χ0v) is 8.46. The summed E-state index contributed by atoms with van der Waals surface area (Å²) in [4.78, 5) is 12.0. The standard InChI is InChI=1S/C11H9N5/c12-4-10-7-14-8-11(16-10)15-6-9-2-1-3-13-5-9/h1-3,5,7-8H,6H2,(H,15,16). The Morgan fingerprint density at radius 1 is 1.25 bits per heavy atom. The van der Waals surface area contributed by atoms with E-state index in [1.807, 2.05) is 18.2 Å². The molecule has 0 aliphatic rings. The number of hydrogen-bond acceptors (Lipinski definition) is 5. The zero-order chi connectivity index (χ0) is 11.2. The SMILES string of the molecule is N#Cc1cncc(NCc2cccnc2)n1. The van der Waals surface area contributed by atoms with E-state index in [-0.39, 0.29) is 0 Å². The number of nitrogens with one attached hydrogen (secondary N) is 1. The number of nitriles is 1. The summed E-state index contributed by atoms with van der Waals surface area (Å²) in [5.74, 6) is 0.586. The van der Waals surface area contributed by atoms with Gasteiger partial charge < -0.3 is 5.32 Å². The topological polar surface area (TPSA) is 74.5 Å². The van der Waals surface area contributed by atoms with Crippen LogP contribution >= 0.6 is 0 Å². The maximum Gasteiger partial charge on any atom is 0.161 e. The lowest BCUT2D eigenvalue weighted by Crippen LogP contribution is -2.02. The fourth-order valence-electron chi connectivity index (χ4n) is 1.20. The quantitative estimate of drug-likeness (QED) is 0.829. The molecule has 1 N–H and O–H groups in total. The van der Waals surface area contributed by atoms with Gasteiger partial charge in [0.1, 0.15) is 11.9 Å². The lowest BCUT2D eigenvalue weighted by atomic mass is 10.3. The van der Waals surface area contributed by atoms with Crippen LogP contribution in [-0.4, -0.2) is 15.0 Å². The summed E-state index contributed by atoms with van der Waals surface area (Å²) in [6.45, 7) is 0.609. The summed E-state index contributed by atoms with van der Waals surface area (Å²) in [5.41, 5.74) is 1.35.